The van der Waals surface area contributed by atoms with Gasteiger partial charge in [-0.1, -0.05) is 0 Å². The summed E-state index contributed by atoms with van der Waals surface area (Å²) in [6.07, 6.45) is 0.543. The molecule has 27 heavy (non-hydrogen) atoms. The molecule has 7 heteroatoms. The number of nitrogens with zero attached hydrogens (tertiary/aromatic N) is 5. The summed E-state index contributed by atoms with van der Waals surface area (Å²) >= 11 is 0. The van der Waals surface area contributed by atoms with E-state index in [2.05, 4.69) is 35.6 Å². The zero-order valence-electron chi connectivity index (χ0n) is 17.6. The van der Waals surface area contributed by atoms with Gasteiger partial charge in [-0.05, 0) is 33.6 Å². The lowest BCUT2D eigenvalue weighted by Crippen LogP contribution is -2.48. The second-order valence-corrected chi connectivity index (χ2v) is 8.54. The summed E-state index contributed by atoms with van der Waals surface area (Å²) in [5.41, 5.74) is 2.15. The molecule has 1 aromatic heterocycles. The normalized spacial score (nSPS) is 29.4. The molecule has 1 aromatic rings. The number of aromatic nitrogens is 2. The van der Waals surface area contributed by atoms with Crippen LogP contribution in [-0.2, 0) is 4.74 Å². The standard InChI is InChI=1S/C20H35N5O2/c1-13-7-24(8-14(2)27-13)9-17-10-25(11-18(17)12-26)19-15(3)16(4)21-20(22-19)23(5)6/h13-14,17-18,26H,7-12H2,1-6H3/t13-,14+,17-,18-/m1/s1. The number of morpholine rings is 1. The molecule has 2 aliphatic heterocycles. The van der Waals surface area contributed by atoms with E-state index in [0.717, 1.165) is 55.7 Å². The van der Waals surface area contributed by atoms with Crippen LogP contribution >= 0.6 is 0 Å². The molecule has 0 aromatic carbocycles. The first-order chi connectivity index (χ1) is 12.8. The van der Waals surface area contributed by atoms with E-state index in [4.69, 9.17) is 9.72 Å². The SMILES string of the molecule is Cc1nc(N(C)C)nc(N2C[C@@H](CN3C[C@@H](C)O[C@@H](C)C3)[C@@H](CO)C2)c1C. The van der Waals surface area contributed by atoms with E-state index in [1.54, 1.807) is 0 Å². The molecule has 3 rings (SSSR count). The molecular weight excluding hydrogens is 342 g/mol. The first-order valence-electron chi connectivity index (χ1n) is 10.0. The maximum absolute atomic E-state index is 9.99. The van der Waals surface area contributed by atoms with Gasteiger partial charge in [0.2, 0.25) is 5.95 Å². The van der Waals surface area contributed by atoms with Gasteiger partial charge in [-0.3, -0.25) is 4.90 Å². The fourth-order valence-electron chi connectivity index (χ4n) is 4.40. The molecule has 2 fully saturated rings. The summed E-state index contributed by atoms with van der Waals surface area (Å²) < 4.78 is 5.87. The van der Waals surface area contributed by atoms with Gasteiger partial charge in [0.25, 0.3) is 0 Å². The predicted octanol–water partition coefficient (Wildman–Crippen LogP) is 1.31. The summed E-state index contributed by atoms with van der Waals surface area (Å²) in [7, 11) is 3.94. The molecule has 0 bridgehead atoms. The molecule has 0 aliphatic carbocycles. The van der Waals surface area contributed by atoms with E-state index in [9.17, 15) is 5.11 Å². The lowest BCUT2D eigenvalue weighted by atomic mass is 9.96. The Bertz CT molecular complexity index is 644. The lowest BCUT2D eigenvalue weighted by Gasteiger charge is -2.37. The Morgan fingerprint density at radius 2 is 1.67 bits per heavy atom. The average Bonchev–Trinajstić information content (AvgIpc) is 2.98. The predicted molar refractivity (Wildman–Crippen MR) is 109 cm³/mol. The van der Waals surface area contributed by atoms with E-state index in [1.165, 1.54) is 0 Å². The Kier molecular flexibility index (Phi) is 6.23. The molecule has 4 atom stereocenters. The molecule has 1 N–H and O–H groups in total. The van der Waals surface area contributed by atoms with Crippen molar-refractivity contribution < 1.29 is 9.84 Å². The Hall–Kier alpha value is -1.44. The highest BCUT2D eigenvalue weighted by atomic mass is 16.5. The van der Waals surface area contributed by atoms with Crippen molar-refractivity contribution in [3.63, 3.8) is 0 Å². The Morgan fingerprint density at radius 1 is 1.04 bits per heavy atom. The molecule has 0 radical (unpaired) electrons. The summed E-state index contributed by atoms with van der Waals surface area (Å²) in [6, 6.07) is 0. The summed E-state index contributed by atoms with van der Waals surface area (Å²) in [5.74, 6) is 2.46. The maximum Gasteiger partial charge on any atom is 0.227 e. The zero-order valence-corrected chi connectivity index (χ0v) is 17.6. The van der Waals surface area contributed by atoms with Crippen LogP contribution in [-0.4, -0.2) is 85.6 Å². The number of aryl methyl sites for hydroxylation is 1. The van der Waals surface area contributed by atoms with Crippen molar-refractivity contribution in [3.05, 3.63) is 11.3 Å². The second-order valence-electron chi connectivity index (χ2n) is 8.54. The van der Waals surface area contributed by atoms with Gasteiger partial charge in [0, 0.05) is 70.6 Å². The molecule has 0 amide bonds. The van der Waals surface area contributed by atoms with Crippen LogP contribution in [0.5, 0.6) is 0 Å². The summed E-state index contributed by atoms with van der Waals surface area (Å²) in [4.78, 5) is 16.2. The highest BCUT2D eigenvalue weighted by molar-refractivity contribution is 5.53. The van der Waals surface area contributed by atoms with E-state index in [-0.39, 0.29) is 24.7 Å². The molecular formula is C20H35N5O2. The smallest absolute Gasteiger partial charge is 0.227 e. The molecule has 152 valence electrons. The maximum atomic E-state index is 9.99. The fourth-order valence-corrected chi connectivity index (χ4v) is 4.40. The molecule has 0 unspecified atom stereocenters. The zero-order chi connectivity index (χ0) is 19.7. The minimum atomic E-state index is 0.222. The number of aliphatic hydroxyl groups is 1. The Morgan fingerprint density at radius 3 is 2.26 bits per heavy atom. The summed E-state index contributed by atoms with van der Waals surface area (Å²) in [6.45, 7) is 13.4. The van der Waals surface area contributed by atoms with Crippen LogP contribution in [0.4, 0.5) is 11.8 Å². The highest BCUT2D eigenvalue weighted by Crippen LogP contribution is 2.31. The van der Waals surface area contributed by atoms with Gasteiger partial charge in [-0.15, -0.1) is 0 Å². The number of anilines is 2. The third-order valence-corrected chi connectivity index (χ3v) is 5.85. The molecule has 7 nitrogen and oxygen atoms in total. The number of hydrogen-bond donors (Lipinski definition) is 1. The van der Waals surface area contributed by atoms with Gasteiger partial charge in [-0.2, -0.15) is 4.98 Å². The number of ether oxygens (including phenoxy) is 1. The van der Waals surface area contributed by atoms with E-state index in [0.29, 0.717) is 5.92 Å². The van der Waals surface area contributed by atoms with Crippen LogP contribution in [0, 0.1) is 25.7 Å². The molecule has 2 aliphatic rings. The molecule has 0 saturated carbocycles. The average molecular weight is 378 g/mol. The third kappa shape index (κ3) is 4.52. The Balaban J connectivity index is 1.76. The van der Waals surface area contributed by atoms with Crippen molar-refractivity contribution in [2.45, 2.75) is 39.9 Å². The monoisotopic (exact) mass is 377 g/mol. The van der Waals surface area contributed by atoms with Gasteiger partial charge in [0.05, 0.1) is 12.2 Å². The van der Waals surface area contributed by atoms with Crippen molar-refractivity contribution in [2.24, 2.45) is 11.8 Å². The van der Waals surface area contributed by atoms with Crippen molar-refractivity contribution >= 4 is 11.8 Å². The van der Waals surface area contributed by atoms with E-state index in [1.807, 2.05) is 25.9 Å². The van der Waals surface area contributed by atoms with Crippen molar-refractivity contribution in [1.82, 2.24) is 14.9 Å². The van der Waals surface area contributed by atoms with Crippen LogP contribution in [0.15, 0.2) is 0 Å². The van der Waals surface area contributed by atoms with Crippen LogP contribution in [0.1, 0.15) is 25.1 Å². The minimum Gasteiger partial charge on any atom is -0.396 e. The van der Waals surface area contributed by atoms with Gasteiger partial charge >= 0.3 is 0 Å². The van der Waals surface area contributed by atoms with Crippen molar-refractivity contribution in [3.8, 4) is 0 Å². The van der Waals surface area contributed by atoms with Crippen LogP contribution in [0.25, 0.3) is 0 Å². The van der Waals surface area contributed by atoms with E-state index < -0.39 is 0 Å². The largest absolute Gasteiger partial charge is 0.396 e. The third-order valence-electron chi connectivity index (χ3n) is 5.85. The van der Waals surface area contributed by atoms with Crippen LogP contribution in [0.2, 0.25) is 0 Å². The molecule has 0 spiro atoms. The van der Waals surface area contributed by atoms with Crippen molar-refractivity contribution in [1.29, 1.82) is 0 Å². The topological polar surface area (TPSA) is 65.0 Å². The first kappa shape index (κ1) is 20.3. The fraction of sp³-hybridized carbons (Fsp3) is 0.800. The lowest BCUT2D eigenvalue weighted by molar-refractivity contribution is -0.0725. The first-order valence-corrected chi connectivity index (χ1v) is 10.0. The quantitative estimate of drug-likeness (QED) is 0.830. The number of hydrogen-bond acceptors (Lipinski definition) is 7. The van der Waals surface area contributed by atoms with Crippen LogP contribution < -0.4 is 9.80 Å². The Labute approximate surface area is 163 Å². The van der Waals surface area contributed by atoms with E-state index >= 15 is 0 Å². The van der Waals surface area contributed by atoms with Crippen molar-refractivity contribution in [2.75, 3.05) is 63.2 Å². The molecule has 2 saturated heterocycles. The van der Waals surface area contributed by atoms with Gasteiger partial charge in [0.15, 0.2) is 0 Å². The highest BCUT2D eigenvalue weighted by Gasteiger charge is 2.36. The van der Waals surface area contributed by atoms with Crippen LogP contribution in [0.3, 0.4) is 0 Å². The molecule has 3 heterocycles. The second kappa shape index (κ2) is 8.29. The van der Waals surface area contributed by atoms with Gasteiger partial charge in [-0.25, -0.2) is 4.98 Å². The number of aliphatic hydroxyl groups excluding tert-OH is 1. The minimum absolute atomic E-state index is 0.222. The number of rotatable bonds is 5. The van der Waals surface area contributed by atoms with Gasteiger partial charge < -0.3 is 19.6 Å². The summed E-state index contributed by atoms with van der Waals surface area (Å²) in [5, 5.41) is 9.99. The van der Waals surface area contributed by atoms with Gasteiger partial charge in [0.1, 0.15) is 5.82 Å².